The Hall–Kier alpha value is -0.870. The van der Waals surface area contributed by atoms with Gasteiger partial charge >= 0.3 is 5.97 Å². The zero-order valence-corrected chi connectivity index (χ0v) is 11.2. The van der Waals surface area contributed by atoms with Gasteiger partial charge in [0.05, 0.1) is 7.11 Å². The van der Waals surface area contributed by atoms with Crippen molar-refractivity contribution < 1.29 is 9.53 Å². The molecule has 16 heavy (non-hydrogen) atoms. The number of rotatable bonds is 4. The van der Waals surface area contributed by atoms with Crippen LogP contribution >= 0.6 is 15.9 Å². The molecule has 1 N–H and O–H groups in total. The third-order valence-corrected chi connectivity index (χ3v) is 2.90. The molecule has 0 aliphatic carbocycles. The van der Waals surface area contributed by atoms with Gasteiger partial charge in [-0.2, -0.15) is 0 Å². The number of ether oxygens (including phenoxy) is 1. The van der Waals surface area contributed by atoms with Crippen LogP contribution in [0.15, 0.2) is 28.7 Å². The lowest BCUT2D eigenvalue weighted by molar-refractivity contribution is -0.142. The predicted octanol–water partition coefficient (Wildman–Crippen LogP) is 2.66. The van der Waals surface area contributed by atoms with Gasteiger partial charge in [0.1, 0.15) is 6.04 Å². The highest BCUT2D eigenvalue weighted by Gasteiger charge is 2.16. The molecule has 0 amide bonds. The van der Waals surface area contributed by atoms with E-state index in [-0.39, 0.29) is 18.1 Å². The summed E-state index contributed by atoms with van der Waals surface area (Å²) in [6.45, 7) is 3.81. The summed E-state index contributed by atoms with van der Waals surface area (Å²) in [6.07, 6.45) is 0. The summed E-state index contributed by atoms with van der Waals surface area (Å²) in [6, 6.07) is 7.79. The van der Waals surface area contributed by atoms with Crippen LogP contribution in [0.25, 0.3) is 0 Å². The van der Waals surface area contributed by atoms with Crippen LogP contribution in [0, 0.1) is 0 Å². The van der Waals surface area contributed by atoms with Crippen molar-refractivity contribution in [1.29, 1.82) is 0 Å². The van der Waals surface area contributed by atoms with Crippen molar-refractivity contribution in [3.8, 4) is 0 Å². The van der Waals surface area contributed by atoms with Crippen LogP contribution in [0.4, 0.5) is 0 Å². The van der Waals surface area contributed by atoms with Crippen molar-refractivity contribution in [1.82, 2.24) is 5.32 Å². The highest BCUT2D eigenvalue weighted by Crippen LogP contribution is 2.18. The molecule has 1 aromatic carbocycles. The number of benzene rings is 1. The van der Waals surface area contributed by atoms with E-state index < -0.39 is 0 Å². The Morgan fingerprint density at radius 1 is 1.44 bits per heavy atom. The van der Waals surface area contributed by atoms with Gasteiger partial charge in [0.15, 0.2) is 0 Å². The first kappa shape index (κ1) is 13.2. The van der Waals surface area contributed by atoms with Crippen LogP contribution in [-0.4, -0.2) is 19.1 Å². The molecule has 0 bridgehead atoms. The van der Waals surface area contributed by atoms with Crippen molar-refractivity contribution in [3.63, 3.8) is 0 Å². The second-order valence-corrected chi connectivity index (χ2v) is 4.60. The summed E-state index contributed by atoms with van der Waals surface area (Å²) in [4.78, 5) is 11.3. The average molecular weight is 286 g/mol. The Balaban J connectivity index is 2.65. The van der Waals surface area contributed by atoms with Gasteiger partial charge in [-0.05, 0) is 31.5 Å². The lowest BCUT2D eigenvalue weighted by atomic mass is 10.1. The smallest absolute Gasteiger partial charge is 0.322 e. The quantitative estimate of drug-likeness (QED) is 0.865. The number of hydrogen-bond donors (Lipinski definition) is 1. The predicted molar refractivity (Wildman–Crippen MR) is 67.2 cm³/mol. The van der Waals surface area contributed by atoms with Gasteiger partial charge in [-0.15, -0.1) is 0 Å². The van der Waals surface area contributed by atoms with E-state index in [1.807, 2.05) is 31.2 Å². The first-order chi connectivity index (χ1) is 7.54. The molecule has 0 saturated heterocycles. The third kappa shape index (κ3) is 3.61. The molecule has 1 rings (SSSR count). The summed E-state index contributed by atoms with van der Waals surface area (Å²) >= 11 is 3.42. The zero-order valence-electron chi connectivity index (χ0n) is 9.66. The van der Waals surface area contributed by atoms with Crippen LogP contribution in [0.3, 0.4) is 0 Å². The fourth-order valence-electron chi connectivity index (χ4n) is 1.49. The van der Waals surface area contributed by atoms with Crippen LogP contribution in [-0.2, 0) is 9.53 Å². The van der Waals surface area contributed by atoms with E-state index in [0.717, 1.165) is 10.0 Å². The molecule has 1 aromatic rings. The van der Waals surface area contributed by atoms with E-state index in [0.29, 0.717) is 0 Å². The average Bonchev–Trinajstić information content (AvgIpc) is 2.27. The maximum absolute atomic E-state index is 11.3. The van der Waals surface area contributed by atoms with Gasteiger partial charge in [-0.1, -0.05) is 28.1 Å². The van der Waals surface area contributed by atoms with Crippen molar-refractivity contribution in [3.05, 3.63) is 34.3 Å². The Morgan fingerprint density at radius 3 is 2.69 bits per heavy atom. The Bertz CT molecular complexity index is 368. The molecule has 0 aliphatic heterocycles. The topological polar surface area (TPSA) is 38.3 Å². The first-order valence-corrected chi connectivity index (χ1v) is 5.93. The molecule has 0 aromatic heterocycles. The molecule has 88 valence electrons. The lowest BCUT2D eigenvalue weighted by Crippen LogP contribution is -2.36. The van der Waals surface area contributed by atoms with Gasteiger partial charge in [-0.3, -0.25) is 10.1 Å². The van der Waals surface area contributed by atoms with E-state index in [1.54, 1.807) is 6.92 Å². The summed E-state index contributed by atoms with van der Waals surface area (Å²) in [5.41, 5.74) is 1.13. The standard InChI is InChI=1S/C12H16BrNO2/c1-8(14-9(2)12(15)16-3)10-5-4-6-11(13)7-10/h4-9,14H,1-3H3/t8-,9?/m1/s1. The van der Waals surface area contributed by atoms with Crippen LogP contribution in [0.2, 0.25) is 0 Å². The summed E-state index contributed by atoms with van der Waals surface area (Å²) in [7, 11) is 1.39. The molecule has 0 radical (unpaired) electrons. The minimum absolute atomic E-state index is 0.103. The Kier molecular flexibility index (Phi) is 4.96. The number of carbonyl (C=O) groups is 1. The third-order valence-electron chi connectivity index (χ3n) is 2.40. The van der Waals surface area contributed by atoms with Crippen molar-refractivity contribution in [2.24, 2.45) is 0 Å². The van der Waals surface area contributed by atoms with Gasteiger partial charge in [0, 0.05) is 10.5 Å². The van der Waals surface area contributed by atoms with Crippen molar-refractivity contribution in [2.45, 2.75) is 25.9 Å². The highest BCUT2D eigenvalue weighted by atomic mass is 79.9. The second-order valence-electron chi connectivity index (χ2n) is 3.69. The van der Waals surface area contributed by atoms with Gasteiger partial charge in [0.25, 0.3) is 0 Å². The van der Waals surface area contributed by atoms with Gasteiger partial charge in [-0.25, -0.2) is 0 Å². The molecule has 0 saturated carbocycles. The molecule has 3 nitrogen and oxygen atoms in total. The van der Waals surface area contributed by atoms with Crippen molar-refractivity contribution >= 4 is 21.9 Å². The molecular weight excluding hydrogens is 270 g/mol. The fraction of sp³-hybridized carbons (Fsp3) is 0.417. The Labute approximate surface area is 104 Å². The maximum Gasteiger partial charge on any atom is 0.322 e. The number of nitrogens with one attached hydrogen (secondary N) is 1. The second kappa shape index (κ2) is 6.01. The van der Waals surface area contributed by atoms with E-state index in [2.05, 4.69) is 26.0 Å². The van der Waals surface area contributed by atoms with E-state index in [1.165, 1.54) is 7.11 Å². The molecule has 0 fully saturated rings. The number of hydrogen-bond acceptors (Lipinski definition) is 3. The van der Waals surface area contributed by atoms with E-state index >= 15 is 0 Å². The fourth-order valence-corrected chi connectivity index (χ4v) is 1.91. The highest BCUT2D eigenvalue weighted by molar-refractivity contribution is 9.10. The number of methoxy groups -OCH3 is 1. The molecule has 2 atom stereocenters. The van der Waals surface area contributed by atoms with Gasteiger partial charge < -0.3 is 4.74 Å². The van der Waals surface area contributed by atoms with E-state index in [4.69, 9.17) is 0 Å². The molecule has 0 spiro atoms. The Morgan fingerprint density at radius 2 is 2.12 bits per heavy atom. The van der Waals surface area contributed by atoms with Gasteiger partial charge in [0.2, 0.25) is 0 Å². The molecule has 4 heteroatoms. The SMILES string of the molecule is COC(=O)C(C)N[C@H](C)c1cccc(Br)c1. The minimum Gasteiger partial charge on any atom is -0.468 e. The minimum atomic E-state index is -0.306. The lowest BCUT2D eigenvalue weighted by Gasteiger charge is -2.18. The maximum atomic E-state index is 11.3. The van der Waals surface area contributed by atoms with Crippen molar-refractivity contribution in [2.75, 3.05) is 7.11 Å². The summed E-state index contributed by atoms with van der Waals surface area (Å²) < 4.78 is 5.69. The normalized spacial score (nSPS) is 14.2. The number of esters is 1. The monoisotopic (exact) mass is 285 g/mol. The largest absolute Gasteiger partial charge is 0.468 e. The van der Waals surface area contributed by atoms with Crippen LogP contribution in [0.1, 0.15) is 25.5 Å². The van der Waals surface area contributed by atoms with Crippen LogP contribution < -0.4 is 5.32 Å². The zero-order chi connectivity index (χ0) is 12.1. The number of carbonyl (C=O) groups excluding carboxylic acids is 1. The van der Waals surface area contributed by atoms with E-state index in [9.17, 15) is 4.79 Å². The summed E-state index contributed by atoms with van der Waals surface area (Å²) in [5, 5.41) is 3.18. The first-order valence-electron chi connectivity index (χ1n) is 5.14. The molecular formula is C12H16BrNO2. The van der Waals surface area contributed by atoms with Crippen LogP contribution in [0.5, 0.6) is 0 Å². The molecule has 0 heterocycles. The molecule has 1 unspecified atom stereocenters. The number of halogens is 1. The summed E-state index contributed by atoms with van der Waals surface area (Å²) in [5.74, 6) is -0.248. The molecule has 0 aliphatic rings.